The normalized spacial score (nSPS) is 11.9. The molecule has 0 heterocycles. The van der Waals surface area contributed by atoms with Crippen LogP contribution in [0.1, 0.15) is 22.3 Å². The number of carboxylic acid groups (broad SMARTS) is 1. The zero-order chi connectivity index (χ0) is 14.3. The molecule has 0 aliphatic heterocycles. The molecule has 0 aliphatic carbocycles. The van der Waals surface area contributed by atoms with Crippen LogP contribution in [0.4, 0.5) is 0 Å². The van der Waals surface area contributed by atoms with E-state index in [1.165, 1.54) is 7.11 Å². The lowest BCUT2D eigenvalue weighted by Gasteiger charge is -2.15. The molecular formula is C13H17NO5. The lowest BCUT2D eigenvalue weighted by atomic mass is 10.1. The molecule has 1 rings (SSSR count). The maximum Gasteiger partial charge on any atom is 0.326 e. The first-order valence-corrected chi connectivity index (χ1v) is 5.81. The van der Waals surface area contributed by atoms with Gasteiger partial charge in [0.15, 0.2) is 0 Å². The fourth-order valence-corrected chi connectivity index (χ4v) is 1.65. The summed E-state index contributed by atoms with van der Waals surface area (Å²) >= 11 is 0. The number of nitrogens with one attached hydrogen (secondary N) is 1. The van der Waals surface area contributed by atoms with Crippen LogP contribution in [0.3, 0.4) is 0 Å². The fourth-order valence-electron chi connectivity index (χ4n) is 1.65. The van der Waals surface area contributed by atoms with Crippen molar-refractivity contribution in [2.75, 3.05) is 13.7 Å². The van der Waals surface area contributed by atoms with Gasteiger partial charge in [-0.25, -0.2) is 4.79 Å². The molecule has 6 nitrogen and oxygen atoms in total. The van der Waals surface area contributed by atoms with Crippen LogP contribution < -0.4 is 5.32 Å². The average molecular weight is 267 g/mol. The minimum absolute atomic E-state index is 0.0342. The van der Waals surface area contributed by atoms with E-state index < -0.39 is 17.9 Å². The molecule has 0 unspecified atom stereocenters. The number of carboxylic acids is 1. The molecule has 0 aliphatic rings. The Kier molecular flexibility index (Phi) is 5.98. The Labute approximate surface area is 111 Å². The minimum atomic E-state index is -1.17. The highest BCUT2D eigenvalue weighted by Gasteiger charge is 2.21. The molecule has 1 aromatic rings. The summed E-state index contributed by atoms with van der Waals surface area (Å²) in [7, 11) is 1.51. The SMILES string of the molecule is COCc1ccccc1C(=O)N[C@H](CCO)C(=O)O. The molecule has 0 saturated heterocycles. The van der Waals surface area contributed by atoms with E-state index in [4.69, 9.17) is 14.9 Å². The van der Waals surface area contributed by atoms with Gasteiger partial charge in [-0.15, -0.1) is 0 Å². The molecule has 1 aromatic carbocycles. The number of ether oxygens (including phenoxy) is 1. The van der Waals surface area contributed by atoms with E-state index in [2.05, 4.69) is 5.32 Å². The van der Waals surface area contributed by atoms with E-state index in [9.17, 15) is 9.59 Å². The largest absolute Gasteiger partial charge is 0.480 e. The van der Waals surface area contributed by atoms with Gasteiger partial charge in [0.05, 0.1) is 6.61 Å². The second-order valence-electron chi connectivity index (χ2n) is 3.97. The lowest BCUT2D eigenvalue weighted by molar-refractivity contribution is -0.139. The maximum atomic E-state index is 12.0. The Morgan fingerprint density at radius 1 is 1.37 bits per heavy atom. The third-order valence-corrected chi connectivity index (χ3v) is 2.58. The van der Waals surface area contributed by atoms with Crippen LogP contribution >= 0.6 is 0 Å². The number of carbonyl (C=O) groups is 2. The lowest BCUT2D eigenvalue weighted by Crippen LogP contribution is -2.41. The summed E-state index contributed by atoms with van der Waals surface area (Å²) in [6, 6.07) is 5.69. The first-order valence-electron chi connectivity index (χ1n) is 5.81. The Bertz CT molecular complexity index is 446. The van der Waals surface area contributed by atoms with Gasteiger partial charge in [0.25, 0.3) is 5.91 Å². The standard InChI is InChI=1S/C13H17NO5/c1-19-8-9-4-2-3-5-10(9)12(16)14-11(6-7-15)13(17)18/h2-5,11,15H,6-8H2,1H3,(H,14,16)(H,17,18)/t11-/m1/s1. The zero-order valence-electron chi connectivity index (χ0n) is 10.6. The molecule has 0 saturated carbocycles. The molecule has 3 N–H and O–H groups in total. The summed E-state index contributed by atoms with van der Waals surface area (Å²) < 4.78 is 4.98. The van der Waals surface area contributed by atoms with Gasteiger partial charge in [0.2, 0.25) is 0 Å². The molecule has 0 aromatic heterocycles. The molecular weight excluding hydrogens is 250 g/mol. The summed E-state index contributed by atoms with van der Waals surface area (Å²) in [6.45, 7) is -0.0434. The number of benzene rings is 1. The zero-order valence-corrected chi connectivity index (χ0v) is 10.6. The predicted octanol–water partition coefficient (Wildman–Crippen LogP) is 0.398. The number of aliphatic hydroxyl groups is 1. The van der Waals surface area contributed by atoms with E-state index >= 15 is 0 Å². The molecule has 0 spiro atoms. The average Bonchev–Trinajstić information content (AvgIpc) is 2.39. The van der Waals surface area contributed by atoms with Gasteiger partial charge in [0.1, 0.15) is 6.04 Å². The summed E-state index contributed by atoms with van der Waals surface area (Å²) in [4.78, 5) is 22.9. The monoisotopic (exact) mass is 267 g/mol. The van der Waals surface area contributed by atoms with Crippen LogP contribution in [0.2, 0.25) is 0 Å². The number of rotatable bonds is 7. The highest BCUT2D eigenvalue weighted by atomic mass is 16.5. The highest BCUT2D eigenvalue weighted by molar-refractivity contribution is 5.97. The third kappa shape index (κ3) is 4.35. The van der Waals surface area contributed by atoms with Crippen LogP contribution in [-0.2, 0) is 16.1 Å². The first kappa shape index (κ1) is 15.1. The topological polar surface area (TPSA) is 95.9 Å². The second kappa shape index (κ2) is 7.50. The highest BCUT2D eigenvalue weighted by Crippen LogP contribution is 2.10. The van der Waals surface area contributed by atoms with Gasteiger partial charge < -0.3 is 20.3 Å². The van der Waals surface area contributed by atoms with Crippen LogP contribution in [0.5, 0.6) is 0 Å². The Hall–Kier alpha value is -1.92. The van der Waals surface area contributed by atoms with Gasteiger partial charge >= 0.3 is 5.97 Å². The number of aliphatic carboxylic acids is 1. The van der Waals surface area contributed by atoms with Crippen LogP contribution in [0.25, 0.3) is 0 Å². The molecule has 1 amide bonds. The van der Waals surface area contributed by atoms with E-state index in [1.807, 2.05) is 0 Å². The van der Waals surface area contributed by atoms with Crippen molar-refractivity contribution in [3.8, 4) is 0 Å². The number of carbonyl (C=O) groups excluding carboxylic acids is 1. The van der Waals surface area contributed by atoms with Crippen molar-refractivity contribution in [2.45, 2.75) is 19.1 Å². The molecule has 6 heteroatoms. The van der Waals surface area contributed by atoms with E-state index in [1.54, 1.807) is 24.3 Å². The van der Waals surface area contributed by atoms with Crippen LogP contribution in [-0.4, -0.2) is 41.8 Å². The summed E-state index contributed by atoms with van der Waals surface area (Å²) in [5, 5.41) is 20.1. The molecule has 104 valence electrons. The van der Waals surface area contributed by atoms with E-state index in [-0.39, 0.29) is 19.6 Å². The number of aliphatic hydroxyl groups excluding tert-OH is 1. The second-order valence-corrected chi connectivity index (χ2v) is 3.97. The number of hydrogen-bond donors (Lipinski definition) is 3. The van der Waals surface area contributed by atoms with Crippen molar-refractivity contribution < 1.29 is 24.5 Å². The van der Waals surface area contributed by atoms with Gasteiger partial charge in [-0.05, 0) is 11.6 Å². The van der Waals surface area contributed by atoms with Gasteiger partial charge in [0, 0.05) is 25.7 Å². The fraction of sp³-hybridized carbons (Fsp3) is 0.385. The van der Waals surface area contributed by atoms with Crippen molar-refractivity contribution in [3.05, 3.63) is 35.4 Å². The minimum Gasteiger partial charge on any atom is -0.480 e. The summed E-state index contributed by atoms with van der Waals surface area (Å²) in [5.74, 6) is -1.67. The van der Waals surface area contributed by atoms with Crippen molar-refractivity contribution >= 4 is 11.9 Å². The molecule has 0 radical (unpaired) electrons. The molecule has 0 fully saturated rings. The maximum absolute atomic E-state index is 12.0. The van der Waals surface area contributed by atoms with Gasteiger partial charge in [-0.2, -0.15) is 0 Å². The Balaban J connectivity index is 2.84. The smallest absolute Gasteiger partial charge is 0.326 e. The van der Waals surface area contributed by atoms with Crippen molar-refractivity contribution in [2.24, 2.45) is 0 Å². The number of hydrogen-bond acceptors (Lipinski definition) is 4. The van der Waals surface area contributed by atoms with E-state index in [0.29, 0.717) is 11.1 Å². The molecule has 1 atom stereocenters. The molecule has 0 bridgehead atoms. The van der Waals surface area contributed by atoms with Crippen molar-refractivity contribution in [1.29, 1.82) is 0 Å². The van der Waals surface area contributed by atoms with Gasteiger partial charge in [-0.3, -0.25) is 4.79 Å². The predicted molar refractivity (Wildman–Crippen MR) is 67.7 cm³/mol. The third-order valence-electron chi connectivity index (χ3n) is 2.58. The van der Waals surface area contributed by atoms with Crippen LogP contribution in [0, 0.1) is 0 Å². The van der Waals surface area contributed by atoms with Crippen LogP contribution in [0.15, 0.2) is 24.3 Å². The summed E-state index contributed by atoms with van der Waals surface area (Å²) in [5.41, 5.74) is 1.05. The number of methoxy groups -OCH3 is 1. The number of amides is 1. The molecule has 19 heavy (non-hydrogen) atoms. The Morgan fingerprint density at radius 2 is 2.05 bits per heavy atom. The van der Waals surface area contributed by atoms with Crippen molar-refractivity contribution in [1.82, 2.24) is 5.32 Å². The van der Waals surface area contributed by atoms with Crippen molar-refractivity contribution in [3.63, 3.8) is 0 Å². The van der Waals surface area contributed by atoms with E-state index in [0.717, 1.165) is 0 Å². The quantitative estimate of drug-likeness (QED) is 0.664. The summed E-state index contributed by atoms with van der Waals surface area (Å²) in [6.07, 6.45) is -0.0342. The van der Waals surface area contributed by atoms with Gasteiger partial charge in [-0.1, -0.05) is 18.2 Å². The Morgan fingerprint density at radius 3 is 2.63 bits per heavy atom. The first-order chi connectivity index (χ1) is 9.10.